The maximum absolute atomic E-state index is 11.6. The van der Waals surface area contributed by atoms with Crippen molar-refractivity contribution in [1.29, 1.82) is 0 Å². The Bertz CT molecular complexity index is 672. The average molecular weight is 290 g/mol. The first-order chi connectivity index (χ1) is 9.93. The fourth-order valence-electron chi connectivity index (χ4n) is 1.94. The van der Waals surface area contributed by atoms with E-state index in [1.54, 1.807) is 0 Å². The molecule has 1 aliphatic heterocycles. The van der Waals surface area contributed by atoms with Crippen LogP contribution in [0.15, 0.2) is 24.8 Å². The number of benzene rings is 1. The number of aromatic carboxylic acids is 1. The lowest BCUT2D eigenvalue weighted by Gasteiger charge is -2.07. The maximum atomic E-state index is 11.6. The number of carbonyl (C=O) groups excluding carboxylic acids is 3. The number of carboxylic acid groups (broad SMARTS) is 1. The van der Waals surface area contributed by atoms with Crippen molar-refractivity contribution in [2.24, 2.45) is 0 Å². The lowest BCUT2D eigenvalue weighted by atomic mass is 9.97. The molecule has 0 amide bonds. The number of ether oxygens (including phenoxy) is 2. The Morgan fingerprint density at radius 2 is 2.00 bits per heavy atom. The highest BCUT2D eigenvalue weighted by molar-refractivity contribution is 6.16. The molecule has 0 radical (unpaired) electrons. The fraction of sp³-hybridized carbons (Fsp3) is 0.143. The molecule has 1 aromatic carbocycles. The van der Waals surface area contributed by atoms with E-state index in [1.165, 1.54) is 6.07 Å². The Kier molecular flexibility index (Phi) is 3.84. The average Bonchev–Trinajstić information content (AvgIpc) is 2.73. The van der Waals surface area contributed by atoms with Crippen molar-refractivity contribution >= 4 is 23.9 Å². The predicted octanol–water partition coefficient (Wildman–Crippen LogP) is 0.967. The Labute approximate surface area is 118 Å². The molecule has 0 unspecified atom stereocenters. The van der Waals surface area contributed by atoms with Crippen molar-refractivity contribution in [3.63, 3.8) is 0 Å². The van der Waals surface area contributed by atoms with Crippen molar-refractivity contribution < 1.29 is 33.8 Å². The molecule has 1 heterocycles. The summed E-state index contributed by atoms with van der Waals surface area (Å²) < 4.78 is 9.24. The first-order valence-corrected chi connectivity index (χ1v) is 5.90. The first kappa shape index (κ1) is 14.4. The van der Waals surface area contributed by atoms with E-state index >= 15 is 0 Å². The van der Waals surface area contributed by atoms with Gasteiger partial charge in [0.25, 0.3) is 0 Å². The molecule has 21 heavy (non-hydrogen) atoms. The standard InChI is InChI=1S/C14H10O7/c1-2-10(15)20-4-3-7-5-8(12(16)17)6-9-11(7)14(19)21-13(9)18/h2,5-6H,1,3-4H2,(H,16,17). The molecular weight excluding hydrogens is 280 g/mol. The molecule has 0 saturated carbocycles. The van der Waals surface area contributed by atoms with Crippen LogP contribution in [0.1, 0.15) is 36.6 Å². The van der Waals surface area contributed by atoms with Crippen LogP contribution in [0.3, 0.4) is 0 Å². The van der Waals surface area contributed by atoms with Crippen molar-refractivity contribution in [3.05, 3.63) is 47.0 Å². The van der Waals surface area contributed by atoms with Gasteiger partial charge in [0.05, 0.1) is 23.3 Å². The zero-order chi connectivity index (χ0) is 15.6. The second-order valence-corrected chi connectivity index (χ2v) is 4.16. The summed E-state index contributed by atoms with van der Waals surface area (Å²) in [6, 6.07) is 2.34. The van der Waals surface area contributed by atoms with Crippen molar-refractivity contribution in [2.45, 2.75) is 6.42 Å². The van der Waals surface area contributed by atoms with Gasteiger partial charge in [0, 0.05) is 12.5 Å². The van der Waals surface area contributed by atoms with Gasteiger partial charge in [-0.25, -0.2) is 19.2 Å². The number of carbonyl (C=O) groups is 4. The molecule has 7 heteroatoms. The molecule has 1 aromatic rings. The summed E-state index contributed by atoms with van der Waals surface area (Å²) >= 11 is 0. The monoisotopic (exact) mass is 290 g/mol. The van der Waals surface area contributed by atoms with E-state index in [4.69, 9.17) is 9.84 Å². The number of rotatable bonds is 5. The number of carboxylic acids is 1. The minimum atomic E-state index is -1.24. The van der Waals surface area contributed by atoms with Crippen LogP contribution in [0.4, 0.5) is 0 Å². The van der Waals surface area contributed by atoms with Gasteiger partial charge in [-0.3, -0.25) is 0 Å². The van der Waals surface area contributed by atoms with E-state index in [0.29, 0.717) is 0 Å². The topological polar surface area (TPSA) is 107 Å². The number of fused-ring (bicyclic) bond motifs is 1. The van der Waals surface area contributed by atoms with Crippen LogP contribution in [0.2, 0.25) is 0 Å². The van der Waals surface area contributed by atoms with E-state index in [9.17, 15) is 19.2 Å². The quantitative estimate of drug-likeness (QED) is 0.489. The van der Waals surface area contributed by atoms with Gasteiger partial charge in [0.15, 0.2) is 0 Å². The third-order valence-electron chi connectivity index (χ3n) is 2.86. The van der Waals surface area contributed by atoms with Gasteiger partial charge in [0.2, 0.25) is 0 Å². The molecule has 2 rings (SSSR count). The number of hydrogen-bond acceptors (Lipinski definition) is 6. The second-order valence-electron chi connectivity index (χ2n) is 4.16. The third-order valence-corrected chi connectivity index (χ3v) is 2.86. The molecule has 0 bridgehead atoms. The summed E-state index contributed by atoms with van der Waals surface area (Å²) in [7, 11) is 0. The van der Waals surface area contributed by atoms with Gasteiger partial charge in [0.1, 0.15) is 0 Å². The summed E-state index contributed by atoms with van der Waals surface area (Å²) in [5.41, 5.74) is 0.0488. The van der Waals surface area contributed by atoms with Gasteiger partial charge in [-0.1, -0.05) is 6.58 Å². The highest BCUT2D eigenvalue weighted by atomic mass is 16.6. The largest absolute Gasteiger partial charge is 0.478 e. The van der Waals surface area contributed by atoms with Crippen LogP contribution in [0.25, 0.3) is 0 Å². The van der Waals surface area contributed by atoms with E-state index in [1.807, 2.05) is 0 Å². The molecular formula is C14H10O7. The highest BCUT2D eigenvalue weighted by Gasteiger charge is 2.33. The van der Waals surface area contributed by atoms with Crippen LogP contribution < -0.4 is 0 Å². The molecule has 1 N–H and O–H groups in total. The summed E-state index contributed by atoms with van der Waals surface area (Å²) in [6.45, 7) is 3.15. The second kappa shape index (κ2) is 5.58. The van der Waals surface area contributed by atoms with Crippen LogP contribution in [-0.4, -0.2) is 35.6 Å². The SMILES string of the molecule is C=CC(=O)OCCc1cc(C(=O)O)cc2c1C(=O)OC2=O. The minimum Gasteiger partial charge on any atom is -0.478 e. The van der Waals surface area contributed by atoms with Crippen molar-refractivity contribution in [2.75, 3.05) is 6.61 Å². The van der Waals surface area contributed by atoms with Crippen LogP contribution in [-0.2, 0) is 20.7 Å². The zero-order valence-corrected chi connectivity index (χ0v) is 10.8. The smallest absolute Gasteiger partial charge is 0.347 e. The summed E-state index contributed by atoms with van der Waals surface area (Å²) in [5, 5.41) is 9.01. The molecule has 7 nitrogen and oxygen atoms in total. The fourth-order valence-corrected chi connectivity index (χ4v) is 1.94. The summed E-state index contributed by atoms with van der Waals surface area (Å²) in [6.07, 6.45) is 1.06. The Morgan fingerprint density at radius 3 is 2.62 bits per heavy atom. The minimum absolute atomic E-state index is 0.0136. The molecule has 0 saturated heterocycles. The van der Waals surface area contributed by atoms with Crippen LogP contribution in [0.5, 0.6) is 0 Å². The molecule has 0 spiro atoms. The van der Waals surface area contributed by atoms with Gasteiger partial charge in [-0.15, -0.1) is 0 Å². The highest BCUT2D eigenvalue weighted by Crippen LogP contribution is 2.26. The van der Waals surface area contributed by atoms with Gasteiger partial charge in [-0.2, -0.15) is 0 Å². The number of esters is 3. The molecule has 0 aromatic heterocycles. The molecule has 0 fully saturated rings. The number of hydrogen-bond donors (Lipinski definition) is 1. The Morgan fingerprint density at radius 1 is 1.29 bits per heavy atom. The van der Waals surface area contributed by atoms with E-state index < -0.39 is 23.9 Å². The molecule has 1 aliphatic rings. The van der Waals surface area contributed by atoms with E-state index in [2.05, 4.69) is 11.3 Å². The van der Waals surface area contributed by atoms with Gasteiger partial charge >= 0.3 is 23.9 Å². The zero-order valence-electron chi connectivity index (χ0n) is 10.8. The first-order valence-electron chi connectivity index (χ1n) is 5.90. The lowest BCUT2D eigenvalue weighted by molar-refractivity contribution is -0.137. The lowest BCUT2D eigenvalue weighted by Crippen LogP contribution is -2.10. The predicted molar refractivity (Wildman–Crippen MR) is 68.0 cm³/mol. The molecule has 108 valence electrons. The van der Waals surface area contributed by atoms with Crippen molar-refractivity contribution in [1.82, 2.24) is 0 Å². The van der Waals surface area contributed by atoms with E-state index in [-0.39, 0.29) is 35.3 Å². The van der Waals surface area contributed by atoms with Crippen LogP contribution >= 0.6 is 0 Å². The Hall–Kier alpha value is -2.96. The summed E-state index contributed by atoms with van der Waals surface area (Å²) in [5.74, 6) is -3.60. The number of cyclic esters (lactones) is 2. The normalized spacial score (nSPS) is 12.6. The summed E-state index contributed by atoms with van der Waals surface area (Å²) in [4.78, 5) is 45.1. The van der Waals surface area contributed by atoms with Gasteiger partial charge < -0.3 is 14.6 Å². The van der Waals surface area contributed by atoms with Crippen molar-refractivity contribution in [3.8, 4) is 0 Å². The van der Waals surface area contributed by atoms with E-state index in [0.717, 1.165) is 12.1 Å². The molecule has 0 atom stereocenters. The third kappa shape index (κ3) is 2.81. The van der Waals surface area contributed by atoms with Gasteiger partial charge in [-0.05, 0) is 17.7 Å². The Balaban J connectivity index is 2.35. The maximum Gasteiger partial charge on any atom is 0.347 e. The van der Waals surface area contributed by atoms with Crippen LogP contribution in [0, 0.1) is 0 Å². The molecule has 0 aliphatic carbocycles.